The number of ether oxygens (including phenoxy) is 1. The van der Waals surface area contributed by atoms with E-state index in [2.05, 4.69) is 18.7 Å². The van der Waals surface area contributed by atoms with E-state index in [0.717, 1.165) is 54.2 Å². The Morgan fingerprint density at radius 1 is 1.23 bits per heavy atom. The number of carbonyl (C=O) groups is 1. The van der Waals surface area contributed by atoms with E-state index >= 15 is 0 Å². The molecule has 31 heavy (non-hydrogen) atoms. The predicted octanol–water partition coefficient (Wildman–Crippen LogP) is 2.44. The van der Waals surface area contributed by atoms with Crippen molar-refractivity contribution < 1.29 is 17.9 Å². The van der Waals surface area contributed by atoms with Gasteiger partial charge in [-0.3, -0.25) is 4.79 Å². The van der Waals surface area contributed by atoms with Gasteiger partial charge >= 0.3 is 0 Å². The number of carbonyl (C=O) groups excluding carboxylic acids is 1. The summed E-state index contributed by atoms with van der Waals surface area (Å²) in [7, 11) is -2.40. The lowest BCUT2D eigenvalue weighted by Crippen LogP contribution is -2.40. The van der Waals surface area contributed by atoms with Crippen molar-refractivity contribution >= 4 is 22.4 Å². The normalized spacial score (nSPS) is 28.1. The summed E-state index contributed by atoms with van der Waals surface area (Å²) >= 11 is 0. The first-order valence-corrected chi connectivity index (χ1v) is 12.9. The van der Waals surface area contributed by atoms with E-state index in [-0.39, 0.29) is 11.7 Å². The van der Waals surface area contributed by atoms with E-state index in [0.29, 0.717) is 43.0 Å². The van der Waals surface area contributed by atoms with E-state index in [4.69, 9.17) is 9.72 Å². The third kappa shape index (κ3) is 3.97. The summed E-state index contributed by atoms with van der Waals surface area (Å²) in [5.41, 5.74) is 4.09. The molecular weight excluding hydrogens is 414 g/mol. The number of pyridine rings is 1. The summed E-state index contributed by atoms with van der Waals surface area (Å²) in [5.74, 6) is 1.72. The van der Waals surface area contributed by atoms with E-state index < -0.39 is 10.7 Å². The topological polar surface area (TPSA) is 79.8 Å². The minimum atomic E-state index is -2.40. The molecule has 5 rings (SSSR count). The molecule has 0 bridgehead atoms. The van der Waals surface area contributed by atoms with Gasteiger partial charge < -0.3 is 14.5 Å². The largest absolute Gasteiger partial charge is 0.377 e. The molecule has 3 fully saturated rings. The Labute approximate surface area is 186 Å². The number of hydrogen-bond acceptors (Lipinski definition) is 6. The van der Waals surface area contributed by atoms with E-state index in [9.17, 15) is 13.2 Å². The van der Waals surface area contributed by atoms with Crippen molar-refractivity contribution in [1.82, 2.24) is 9.88 Å². The van der Waals surface area contributed by atoms with Gasteiger partial charge in [0.1, 0.15) is 16.5 Å². The van der Waals surface area contributed by atoms with Crippen molar-refractivity contribution in [2.75, 3.05) is 30.3 Å². The smallest absolute Gasteiger partial charge is 0.256 e. The zero-order valence-corrected chi connectivity index (χ0v) is 19.6. The van der Waals surface area contributed by atoms with Crippen LogP contribution in [0, 0.1) is 25.2 Å². The number of hydrogen-bond donors (Lipinski definition) is 1. The Kier molecular flexibility index (Phi) is 5.28. The van der Waals surface area contributed by atoms with Crippen molar-refractivity contribution in [3.63, 3.8) is 0 Å². The monoisotopic (exact) mass is 447 g/mol. The van der Waals surface area contributed by atoms with Crippen LogP contribution in [0.2, 0.25) is 0 Å². The molecule has 1 aromatic heterocycles. The highest BCUT2D eigenvalue weighted by molar-refractivity contribution is 7.72. The molecule has 1 aromatic rings. The summed E-state index contributed by atoms with van der Waals surface area (Å²) in [6, 6.07) is 0.496. The second kappa shape index (κ2) is 7.73. The number of fused-ring (bicyclic) bond motifs is 2. The number of nitrogens with zero attached hydrogens (tertiary/aromatic N) is 3. The molecule has 0 N–H and O–H groups in total. The van der Waals surface area contributed by atoms with Gasteiger partial charge in [0.25, 0.3) is 5.91 Å². The Hall–Kier alpha value is -1.67. The summed E-state index contributed by atoms with van der Waals surface area (Å²) < 4.78 is 28.0. The molecule has 4 aliphatic rings. The highest BCUT2D eigenvalue weighted by Gasteiger charge is 2.52. The fourth-order valence-corrected chi connectivity index (χ4v) is 5.64. The van der Waals surface area contributed by atoms with Crippen molar-refractivity contribution in [1.29, 1.82) is 0 Å². The molecule has 2 saturated carbocycles. The van der Waals surface area contributed by atoms with Gasteiger partial charge in [0.05, 0.1) is 30.5 Å². The van der Waals surface area contributed by atoms with Crippen LogP contribution in [0.3, 0.4) is 0 Å². The van der Waals surface area contributed by atoms with Gasteiger partial charge in [-0.1, -0.05) is 6.92 Å². The van der Waals surface area contributed by atoms with Crippen molar-refractivity contribution in [3.8, 4) is 0 Å². The summed E-state index contributed by atoms with van der Waals surface area (Å²) in [6.45, 7) is 9.19. The molecule has 1 saturated heterocycles. The number of rotatable bonds is 8. The van der Waals surface area contributed by atoms with Gasteiger partial charge in [0.2, 0.25) is 0 Å². The van der Waals surface area contributed by atoms with Crippen molar-refractivity contribution in [3.05, 3.63) is 22.4 Å². The van der Waals surface area contributed by atoms with Crippen LogP contribution in [-0.2, 0) is 22.0 Å². The first-order valence-electron chi connectivity index (χ1n) is 11.6. The Bertz CT molecular complexity index is 980. The summed E-state index contributed by atoms with van der Waals surface area (Å²) in [4.78, 5) is 22.1. The number of anilines is 1. The quantitative estimate of drug-likeness (QED) is 0.617. The van der Waals surface area contributed by atoms with Gasteiger partial charge in [-0.25, -0.2) is 13.4 Å². The zero-order valence-electron chi connectivity index (χ0n) is 18.7. The molecule has 1 amide bonds. The molecular formula is C23H33N3O4S. The number of amides is 1. The molecule has 2 aliphatic heterocycles. The molecule has 2 aliphatic carbocycles. The third-order valence-electron chi connectivity index (χ3n) is 7.77. The Morgan fingerprint density at radius 2 is 2.00 bits per heavy atom. The molecule has 3 heterocycles. The lowest BCUT2D eigenvalue weighted by atomic mass is 10.0. The lowest BCUT2D eigenvalue weighted by molar-refractivity contribution is 0.00311. The molecule has 3 atom stereocenters. The van der Waals surface area contributed by atoms with Crippen LogP contribution in [-0.4, -0.2) is 61.8 Å². The number of piperidine rings is 1. The SMILES string of the molecule is Cc1c(N2CCC(OCC3(C)CC3)C3CC32)nc2c(c1C)C(=O)N(CCC[SH](=O)=O)C2. The standard InChI is InChI=1S/C23H33N3O4S/c1-14-15(2)21(24-17-12-25(22(27)20(14)17)8-4-10-31(28)29)26-9-5-19(16-11-18(16)26)30-13-23(3)6-7-23/h16,18-19,31H,4-13H2,1-3H3. The Balaban J connectivity index is 1.29. The average Bonchev–Trinajstić information content (AvgIpc) is 3.63. The van der Waals surface area contributed by atoms with Crippen LogP contribution >= 0.6 is 0 Å². The first kappa shape index (κ1) is 21.2. The van der Waals surface area contributed by atoms with Crippen LogP contribution in [0.4, 0.5) is 5.82 Å². The predicted molar refractivity (Wildman–Crippen MR) is 119 cm³/mol. The average molecular weight is 448 g/mol. The summed E-state index contributed by atoms with van der Waals surface area (Å²) in [5, 5.41) is 0. The van der Waals surface area contributed by atoms with Gasteiger partial charge in [0, 0.05) is 30.8 Å². The maximum absolute atomic E-state index is 12.9. The van der Waals surface area contributed by atoms with E-state index in [1.54, 1.807) is 4.90 Å². The van der Waals surface area contributed by atoms with Crippen LogP contribution in [0.15, 0.2) is 0 Å². The minimum absolute atomic E-state index is 0.0132. The maximum Gasteiger partial charge on any atom is 0.256 e. The van der Waals surface area contributed by atoms with Crippen LogP contribution in [0.5, 0.6) is 0 Å². The molecule has 8 heteroatoms. The third-order valence-corrected chi connectivity index (χ3v) is 8.45. The second-order valence-corrected chi connectivity index (χ2v) is 11.4. The fraction of sp³-hybridized carbons (Fsp3) is 0.739. The molecule has 170 valence electrons. The lowest BCUT2D eigenvalue weighted by Gasteiger charge is -2.34. The molecule has 0 spiro atoms. The van der Waals surface area contributed by atoms with Crippen LogP contribution in [0.25, 0.3) is 0 Å². The Morgan fingerprint density at radius 3 is 2.71 bits per heavy atom. The second-order valence-electron chi connectivity index (χ2n) is 10.3. The van der Waals surface area contributed by atoms with Crippen LogP contribution in [0.1, 0.15) is 66.2 Å². The van der Waals surface area contributed by atoms with Gasteiger partial charge in [-0.05, 0) is 62.5 Å². The molecule has 0 aromatic carbocycles. The fourth-order valence-electron chi connectivity index (χ4n) is 5.24. The minimum Gasteiger partial charge on any atom is -0.377 e. The van der Waals surface area contributed by atoms with Crippen LogP contribution < -0.4 is 4.90 Å². The first-order chi connectivity index (χ1) is 14.8. The van der Waals surface area contributed by atoms with Gasteiger partial charge in [-0.15, -0.1) is 0 Å². The molecule has 7 nitrogen and oxygen atoms in total. The van der Waals surface area contributed by atoms with Gasteiger partial charge in [0.15, 0.2) is 0 Å². The van der Waals surface area contributed by atoms with E-state index in [1.165, 1.54) is 12.8 Å². The van der Waals surface area contributed by atoms with Crippen molar-refractivity contribution in [2.45, 2.75) is 71.6 Å². The zero-order chi connectivity index (χ0) is 21.9. The number of aromatic nitrogens is 1. The molecule has 3 unspecified atom stereocenters. The van der Waals surface area contributed by atoms with E-state index in [1.807, 2.05) is 6.92 Å². The highest BCUT2D eigenvalue weighted by Crippen LogP contribution is 2.50. The highest BCUT2D eigenvalue weighted by atomic mass is 32.2. The maximum atomic E-state index is 12.9. The number of thiol groups is 1. The summed E-state index contributed by atoms with van der Waals surface area (Å²) in [6.07, 6.45) is 5.63. The van der Waals surface area contributed by atoms with Gasteiger partial charge in [-0.2, -0.15) is 0 Å². The van der Waals surface area contributed by atoms with Crippen molar-refractivity contribution in [2.24, 2.45) is 11.3 Å². The molecule has 0 radical (unpaired) electrons.